The van der Waals surface area contributed by atoms with Crippen LogP contribution in [0.25, 0.3) is 11.0 Å². The summed E-state index contributed by atoms with van der Waals surface area (Å²) in [5.41, 5.74) is 5.39. The molecule has 1 atom stereocenters. The maximum atomic E-state index is 12.5. The molecule has 2 aliphatic heterocycles. The van der Waals surface area contributed by atoms with Gasteiger partial charge in [0.05, 0.1) is 11.0 Å². The fourth-order valence-corrected chi connectivity index (χ4v) is 3.50. The first-order valence-electron chi connectivity index (χ1n) is 6.53. The van der Waals surface area contributed by atoms with Crippen LogP contribution in [-0.4, -0.2) is 9.13 Å². The van der Waals surface area contributed by atoms with Crippen LogP contribution in [0.15, 0.2) is 16.9 Å². The summed E-state index contributed by atoms with van der Waals surface area (Å²) in [6.07, 6.45) is 4.42. The molecule has 3 heterocycles. The van der Waals surface area contributed by atoms with Crippen molar-refractivity contribution >= 4 is 11.0 Å². The molecule has 0 aliphatic carbocycles. The second kappa shape index (κ2) is 3.03. The van der Waals surface area contributed by atoms with Gasteiger partial charge in [0.2, 0.25) is 0 Å². The molecule has 1 aromatic heterocycles. The Bertz CT molecular complexity index is 678. The summed E-state index contributed by atoms with van der Waals surface area (Å²) in [5, 5.41) is 0. The predicted octanol–water partition coefficient (Wildman–Crippen LogP) is 2.26. The maximum Gasteiger partial charge on any atom is 0.329 e. The van der Waals surface area contributed by atoms with Gasteiger partial charge in [0.1, 0.15) is 0 Å². The van der Waals surface area contributed by atoms with Gasteiger partial charge in [-0.3, -0.25) is 9.13 Å². The minimum Gasteiger partial charge on any atom is -0.292 e. The van der Waals surface area contributed by atoms with Crippen molar-refractivity contribution in [2.45, 2.75) is 45.2 Å². The highest BCUT2D eigenvalue weighted by Gasteiger charge is 2.27. The molecule has 88 valence electrons. The maximum absolute atomic E-state index is 12.5. The van der Waals surface area contributed by atoms with Gasteiger partial charge in [0.15, 0.2) is 0 Å². The van der Waals surface area contributed by atoms with E-state index >= 15 is 0 Å². The first-order chi connectivity index (χ1) is 8.27. The lowest BCUT2D eigenvalue weighted by Gasteiger charge is -2.21. The Morgan fingerprint density at radius 3 is 2.76 bits per heavy atom. The highest BCUT2D eigenvalue weighted by molar-refractivity contribution is 5.84. The van der Waals surface area contributed by atoms with E-state index in [0.717, 1.165) is 32.2 Å². The van der Waals surface area contributed by atoms with Gasteiger partial charge in [0.25, 0.3) is 0 Å². The molecule has 17 heavy (non-hydrogen) atoms. The standard InChI is InChI=1S/C14H16N2O/c1-9-4-5-11-7-6-10-3-2-8-15-12(10)13(11)16(9)14(15)17/h6-7,9H,2-5,8H2,1H3/t9-/m0/s1. The zero-order valence-electron chi connectivity index (χ0n) is 10.1. The third-order valence-electron chi connectivity index (χ3n) is 4.37. The summed E-state index contributed by atoms with van der Waals surface area (Å²) >= 11 is 0. The summed E-state index contributed by atoms with van der Waals surface area (Å²) in [4.78, 5) is 12.5. The average Bonchev–Trinajstić information content (AvgIpc) is 2.66. The van der Waals surface area contributed by atoms with Crippen molar-refractivity contribution in [1.29, 1.82) is 0 Å². The molecule has 0 radical (unpaired) electrons. The Hall–Kier alpha value is -1.51. The highest BCUT2D eigenvalue weighted by atomic mass is 16.1. The zero-order chi connectivity index (χ0) is 11.6. The smallest absolute Gasteiger partial charge is 0.292 e. The van der Waals surface area contributed by atoms with Crippen molar-refractivity contribution in [3.8, 4) is 0 Å². The second-order valence-corrected chi connectivity index (χ2v) is 5.38. The third kappa shape index (κ3) is 1.05. The van der Waals surface area contributed by atoms with Crippen LogP contribution >= 0.6 is 0 Å². The Labute approximate surface area is 99.7 Å². The number of benzene rings is 1. The molecule has 2 aromatic rings. The molecule has 0 bridgehead atoms. The lowest BCUT2D eigenvalue weighted by atomic mass is 9.96. The lowest BCUT2D eigenvalue weighted by Crippen LogP contribution is -2.28. The molecule has 0 saturated carbocycles. The van der Waals surface area contributed by atoms with Gasteiger partial charge in [-0.1, -0.05) is 12.1 Å². The monoisotopic (exact) mass is 228 g/mol. The zero-order valence-corrected chi connectivity index (χ0v) is 10.1. The summed E-state index contributed by atoms with van der Waals surface area (Å²) in [6, 6.07) is 4.81. The Morgan fingerprint density at radius 2 is 1.94 bits per heavy atom. The van der Waals surface area contributed by atoms with Gasteiger partial charge in [-0.25, -0.2) is 4.79 Å². The molecule has 0 unspecified atom stereocenters. The number of hydrogen-bond donors (Lipinski definition) is 0. The van der Waals surface area contributed by atoms with Gasteiger partial charge in [0, 0.05) is 12.6 Å². The van der Waals surface area contributed by atoms with Crippen LogP contribution in [0, 0.1) is 0 Å². The summed E-state index contributed by atoms with van der Waals surface area (Å²) in [7, 11) is 0. The average molecular weight is 228 g/mol. The van der Waals surface area contributed by atoms with Crippen molar-refractivity contribution in [2.75, 3.05) is 0 Å². The minimum atomic E-state index is 0.209. The lowest BCUT2D eigenvalue weighted by molar-refractivity contribution is 0.475. The molecule has 0 spiro atoms. The second-order valence-electron chi connectivity index (χ2n) is 5.38. The largest absolute Gasteiger partial charge is 0.329 e. The van der Waals surface area contributed by atoms with E-state index in [-0.39, 0.29) is 5.69 Å². The van der Waals surface area contributed by atoms with E-state index in [4.69, 9.17) is 0 Å². The van der Waals surface area contributed by atoms with Gasteiger partial charge in [-0.2, -0.15) is 0 Å². The quantitative estimate of drug-likeness (QED) is 0.679. The Balaban J connectivity index is 2.27. The number of hydrogen-bond acceptors (Lipinski definition) is 1. The van der Waals surface area contributed by atoms with Crippen molar-refractivity contribution in [3.63, 3.8) is 0 Å². The first-order valence-corrected chi connectivity index (χ1v) is 6.53. The van der Waals surface area contributed by atoms with Gasteiger partial charge < -0.3 is 0 Å². The van der Waals surface area contributed by atoms with Crippen molar-refractivity contribution < 1.29 is 0 Å². The fraction of sp³-hybridized carbons (Fsp3) is 0.500. The van der Waals surface area contributed by atoms with Crippen LogP contribution in [0.2, 0.25) is 0 Å². The Morgan fingerprint density at radius 1 is 1.18 bits per heavy atom. The van der Waals surface area contributed by atoms with Crippen LogP contribution < -0.4 is 5.69 Å². The number of imidazole rings is 1. The molecule has 0 N–H and O–H groups in total. The van der Waals surface area contributed by atoms with Crippen molar-refractivity contribution in [1.82, 2.24) is 9.13 Å². The third-order valence-corrected chi connectivity index (χ3v) is 4.37. The minimum absolute atomic E-state index is 0.209. The van der Waals surface area contributed by atoms with Crippen LogP contribution in [-0.2, 0) is 19.4 Å². The van der Waals surface area contributed by atoms with E-state index in [0.29, 0.717) is 6.04 Å². The van der Waals surface area contributed by atoms with E-state index in [1.54, 1.807) is 0 Å². The van der Waals surface area contributed by atoms with Crippen LogP contribution in [0.5, 0.6) is 0 Å². The van der Waals surface area contributed by atoms with Crippen molar-refractivity contribution in [3.05, 3.63) is 33.7 Å². The summed E-state index contributed by atoms with van der Waals surface area (Å²) in [5.74, 6) is 0. The number of rotatable bonds is 0. The molecule has 4 rings (SSSR count). The topological polar surface area (TPSA) is 26.9 Å². The van der Waals surface area contributed by atoms with E-state index in [1.165, 1.54) is 22.2 Å². The highest BCUT2D eigenvalue weighted by Crippen LogP contribution is 2.33. The number of aromatic nitrogens is 2. The molecule has 0 amide bonds. The van der Waals surface area contributed by atoms with Crippen LogP contribution in [0.4, 0.5) is 0 Å². The van der Waals surface area contributed by atoms with Gasteiger partial charge >= 0.3 is 5.69 Å². The van der Waals surface area contributed by atoms with Crippen LogP contribution in [0.1, 0.15) is 36.9 Å². The van der Waals surface area contributed by atoms with Crippen LogP contribution in [0.3, 0.4) is 0 Å². The molecule has 3 heteroatoms. The van der Waals surface area contributed by atoms with E-state index < -0.39 is 0 Å². The van der Waals surface area contributed by atoms with Gasteiger partial charge in [-0.05, 0) is 43.7 Å². The predicted molar refractivity (Wildman–Crippen MR) is 67.6 cm³/mol. The molecular formula is C14H16N2O. The van der Waals surface area contributed by atoms with E-state index in [2.05, 4.69) is 19.1 Å². The summed E-state index contributed by atoms with van der Waals surface area (Å²) < 4.78 is 4.03. The van der Waals surface area contributed by atoms with E-state index in [9.17, 15) is 4.79 Å². The fourth-order valence-electron chi connectivity index (χ4n) is 3.50. The SMILES string of the molecule is C[C@H]1CCc2ccc3c4c2n1c(=O)n4CCC3. The molecule has 0 fully saturated rings. The van der Waals surface area contributed by atoms with Gasteiger partial charge in [-0.15, -0.1) is 0 Å². The van der Waals surface area contributed by atoms with Crippen molar-refractivity contribution in [2.24, 2.45) is 0 Å². The first kappa shape index (κ1) is 9.51. The number of nitrogens with zero attached hydrogens (tertiary/aromatic N) is 2. The number of aryl methyl sites for hydroxylation is 3. The van der Waals surface area contributed by atoms with E-state index in [1.807, 2.05) is 9.13 Å². The molecule has 3 nitrogen and oxygen atoms in total. The normalized spacial score (nSPS) is 22.1. The molecule has 1 aromatic carbocycles. The molecule has 0 saturated heterocycles. The summed E-state index contributed by atoms with van der Waals surface area (Å²) in [6.45, 7) is 3.06. The molecular weight excluding hydrogens is 212 g/mol. The Kier molecular flexibility index (Phi) is 1.70. The molecule has 2 aliphatic rings.